The summed E-state index contributed by atoms with van der Waals surface area (Å²) in [5.41, 5.74) is 7.90. The minimum absolute atomic E-state index is 0. The highest BCUT2D eigenvalue weighted by molar-refractivity contribution is 6.04. The number of carbonyl (C=O) groups excluding carboxylic acids is 2. The summed E-state index contributed by atoms with van der Waals surface area (Å²) in [5.74, 6) is -0.432. The average molecular weight is 406 g/mol. The molecule has 2 atom stereocenters. The molecule has 0 radical (unpaired) electrons. The lowest BCUT2D eigenvalue weighted by atomic mass is 10.00. The van der Waals surface area contributed by atoms with Crippen molar-refractivity contribution < 1.29 is 14.0 Å². The summed E-state index contributed by atoms with van der Waals surface area (Å²) in [5, 5.41) is 5.70. The number of anilines is 1. The van der Waals surface area contributed by atoms with Crippen LogP contribution in [-0.2, 0) is 11.3 Å². The van der Waals surface area contributed by atoms with Crippen LogP contribution in [0.2, 0.25) is 0 Å². The molecule has 0 unspecified atom stereocenters. The molecular weight excluding hydrogens is 381 g/mol. The average Bonchev–Trinajstić information content (AvgIpc) is 3.05. The molecule has 2 aromatic carbocycles. The molecule has 0 heterocycles. The molecule has 0 aliphatic heterocycles. The van der Waals surface area contributed by atoms with Crippen LogP contribution in [0, 0.1) is 11.7 Å². The van der Waals surface area contributed by atoms with Crippen LogP contribution in [0.3, 0.4) is 0 Å². The summed E-state index contributed by atoms with van der Waals surface area (Å²) >= 11 is 0. The first-order valence-electron chi connectivity index (χ1n) is 9.19. The van der Waals surface area contributed by atoms with Crippen LogP contribution in [-0.4, -0.2) is 17.9 Å². The van der Waals surface area contributed by atoms with Gasteiger partial charge in [0.2, 0.25) is 5.91 Å². The Kier molecular flexibility index (Phi) is 7.96. The molecule has 150 valence electrons. The minimum atomic E-state index is -0.386. The lowest BCUT2D eigenvalue weighted by Crippen LogP contribution is -2.31. The zero-order chi connectivity index (χ0) is 19.2. The Morgan fingerprint density at radius 1 is 1.11 bits per heavy atom. The maximum atomic E-state index is 13.0. The fourth-order valence-electron chi connectivity index (χ4n) is 3.39. The van der Waals surface area contributed by atoms with Gasteiger partial charge in [-0.05, 0) is 60.7 Å². The number of carbonyl (C=O) groups is 2. The van der Waals surface area contributed by atoms with E-state index < -0.39 is 0 Å². The molecule has 0 bridgehead atoms. The van der Waals surface area contributed by atoms with Crippen molar-refractivity contribution in [3.8, 4) is 0 Å². The van der Waals surface area contributed by atoms with E-state index in [1.807, 2.05) is 18.2 Å². The zero-order valence-electron chi connectivity index (χ0n) is 15.5. The third-order valence-electron chi connectivity index (χ3n) is 4.95. The quantitative estimate of drug-likeness (QED) is 0.686. The summed E-state index contributed by atoms with van der Waals surface area (Å²) < 4.78 is 13.0. The number of hydrogen-bond acceptors (Lipinski definition) is 3. The van der Waals surface area contributed by atoms with E-state index >= 15 is 0 Å². The van der Waals surface area contributed by atoms with Gasteiger partial charge in [0.1, 0.15) is 5.82 Å². The predicted octanol–water partition coefficient (Wildman–Crippen LogP) is 3.63. The van der Waals surface area contributed by atoms with E-state index in [0.29, 0.717) is 24.2 Å². The van der Waals surface area contributed by atoms with Crippen molar-refractivity contribution in [1.29, 1.82) is 0 Å². The van der Waals surface area contributed by atoms with Gasteiger partial charge < -0.3 is 16.4 Å². The second-order valence-electron chi connectivity index (χ2n) is 7.00. The number of hydrogen-bond donors (Lipinski definition) is 3. The van der Waals surface area contributed by atoms with Gasteiger partial charge in [-0.3, -0.25) is 9.59 Å². The van der Waals surface area contributed by atoms with E-state index in [0.717, 1.165) is 24.8 Å². The Balaban J connectivity index is 0.00000280. The summed E-state index contributed by atoms with van der Waals surface area (Å²) in [6.45, 7) is 0.390. The Labute approximate surface area is 170 Å². The SMILES string of the molecule is Cl.N[C@@H]1CCC[C@H]1CC(=O)NCc1cccc(NC(=O)c2ccc(F)cc2)c1. The Bertz CT molecular complexity index is 814. The van der Waals surface area contributed by atoms with Crippen LogP contribution < -0.4 is 16.4 Å². The van der Waals surface area contributed by atoms with E-state index in [1.165, 1.54) is 24.3 Å². The van der Waals surface area contributed by atoms with Gasteiger partial charge in [0, 0.05) is 30.3 Å². The van der Waals surface area contributed by atoms with E-state index in [2.05, 4.69) is 10.6 Å². The molecule has 3 rings (SSSR count). The first-order chi connectivity index (χ1) is 13.0. The monoisotopic (exact) mass is 405 g/mol. The molecule has 1 aliphatic carbocycles. The van der Waals surface area contributed by atoms with Crippen molar-refractivity contribution >= 4 is 29.9 Å². The molecule has 5 nitrogen and oxygen atoms in total. The Morgan fingerprint density at radius 3 is 2.54 bits per heavy atom. The summed E-state index contributed by atoms with van der Waals surface area (Å²) in [7, 11) is 0. The van der Waals surface area contributed by atoms with Gasteiger partial charge in [-0.2, -0.15) is 0 Å². The number of rotatable bonds is 6. The van der Waals surface area contributed by atoms with Crippen LogP contribution in [0.25, 0.3) is 0 Å². The number of nitrogens with two attached hydrogens (primary N) is 1. The van der Waals surface area contributed by atoms with Gasteiger partial charge in [-0.15, -0.1) is 12.4 Å². The van der Waals surface area contributed by atoms with Gasteiger partial charge in [-0.1, -0.05) is 18.6 Å². The standard InChI is InChI=1S/C21H24FN3O2.ClH/c22-17-9-7-15(8-10-17)21(27)25-18-5-1-3-14(11-18)13-24-20(26)12-16-4-2-6-19(16)23;/h1,3,5,7-11,16,19H,2,4,6,12-13,23H2,(H,24,26)(H,25,27);1H/t16-,19+;/m0./s1. The molecule has 1 fully saturated rings. The van der Waals surface area contributed by atoms with Crippen LogP contribution >= 0.6 is 12.4 Å². The van der Waals surface area contributed by atoms with Gasteiger partial charge in [0.15, 0.2) is 0 Å². The van der Waals surface area contributed by atoms with Gasteiger partial charge in [-0.25, -0.2) is 4.39 Å². The fraction of sp³-hybridized carbons (Fsp3) is 0.333. The minimum Gasteiger partial charge on any atom is -0.352 e. The molecule has 7 heteroatoms. The number of halogens is 2. The third-order valence-corrected chi connectivity index (χ3v) is 4.95. The first-order valence-corrected chi connectivity index (χ1v) is 9.19. The smallest absolute Gasteiger partial charge is 0.255 e. The third kappa shape index (κ3) is 6.04. The van der Waals surface area contributed by atoms with Crippen LogP contribution in [0.4, 0.5) is 10.1 Å². The van der Waals surface area contributed by atoms with Gasteiger partial charge >= 0.3 is 0 Å². The molecule has 1 saturated carbocycles. The molecule has 28 heavy (non-hydrogen) atoms. The highest BCUT2D eigenvalue weighted by atomic mass is 35.5. The maximum Gasteiger partial charge on any atom is 0.255 e. The van der Waals surface area contributed by atoms with Crippen molar-refractivity contribution in [3.05, 3.63) is 65.5 Å². The Morgan fingerprint density at radius 2 is 1.86 bits per heavy atom. The van der Waals surface area contributed by atoms with Crippen LogP contribution in [0.1, 0.15) is 41.6 Å². The molecule has 4 N–H and O–H groups in total. The van der Waals surface area contributed by atoms with Crippen molar-refractivity contribution in [2.24, 2.45) is 11.7 Å². The predicted molar refractivity (Wildman–Crippen MR) is 110 cm³/mol. The molecule has 0 spiro atoms. The summed E-state index contributed by atoms with van der Waals surface area (Å²) in [6.07, 6.45) is 3.56. The van der Waals surface area contributed by atoms with Crippen molar-refractivity contribution in [1.82, 2.24) is 5.32 Å². The summed E-state index contributed by atoms with van der Waals surface area (Å²) in [6, 6.07) is 12.8. The molecule has 0 aromatic heterocycles. The first kappa shape index (κ1) is 21.9. The van der Waals surface area contributed by atoms with Crippen molar-refractivity contribution in [2.75, 3.05) is 5.32 Å². The Hall–Kier alpha value is -2.44. The van der Waals surface area contributed by atoms with E-state index in [-0.39, 0.29) is 42.0 Å². The number of nitrogens with one attached hydrogen (secondary N) is 2. The fourth-order valence-corrected chi connectivity index (χ4v) is 3.39. The number of amides is 2. The van der Waals surface area contributed by atoms with E-state index in [1.54, 1.807) is 6.07 Å². The van der Waals surface area contributed by atoms with Crippen molar-refractivity contribution in [3.63, 3.8) is 0 Å². The van der Waals surface area contributed by atoms with Crippen LogP contribution in [0.15, 0.2) is 48.5 Å². The van der Waals surface area contributed by atoms with Gasteiger partial charge in [0.25, 0.3) is 5.91 Å². The van der Waals surface area contributed by atoms with E-state index in [9.17, 15) is 14.0 Å². The second-order valence-corrected chi connectivity index (χ2v) is 7.00. The largest absolute Gasteiger partial charge is 0.352 e. The molecule has 0 saturated heterocycles. The normalized spacial score (nSPS) is 18.2. The lowest BCUT2D eigenvalue weighted by molar-refractivity contribution is -0.122. The van der Waals surface area contributed by atoms with Crippen molar-refractivity contribution in [2.45, 2.75) is 38.3 Å². The topological polar surface area (TPSA) is 84.2 Å². The van der Waals surface area contributed by atoms with Gasteiger partial charge in [0.05, 0.1) is 0 Å². The van der Waals surface area contributed by atoms with E-state index in [4.69, 9.17) is 5.73 Å². The molecule has 1 aliphatic rings. The maximum absolute atomic E-state index is 13.0. The molecule has 2 amide bonds. The second kappa shape index (κ2) is 10.2. The number of benzene rings is 2. The lowest BCUT2D eigenvalue weighted by Gasteiger charge is -2.15. The highest BCUT2D eigenvalue weighted by Gasteiger charge is 2.25. The summed E-state index contributed by atoms with van der Waals surface area (Å²) in [4.78, 5) is 24.3. The zero-order valence-corrected chi connectivity index (χ0v) is 16.3. The molecular formula is C21H25ClFN3O2. The molecule has 2 aromatic rings. The highest BCUT2D eigenvalue weighted by Crippen LogP contribution is 2.26. The van der Waals surface area contributed by atoms with Crippen LogP contribution in [0.5, 0.6) is 0 Å².